The molecule has 2 amide bonds. The summed E-state index contributed by atoms with van der Waals surface area (Å²) in [4.78, 5) is 27.4. The molecule has 0 unspecified atom stereocenters. The summed E-state index contributed by atoms with van der Waals surface area (Å²) in [5, 5.41) is 7.13. The molecule has 1 atom stereocenters. The Bertz CT molecular complexity index is 1340. The van der Waals surface area contributed by atoms with Crippen molar-refractivity contribution in [2.75, 3.05) is 17.3 Å². The number of aryl methyl sites for hydroxylation is 1. The summed E-state index contributed by atoms with van der Waals surface area (Å²) in [6.07, 6.45) is 0.991. The van der Waals surface area contributed by atoms with E-state index in [0.29, 0.717) is 29.0 Å². The van der Waals surface area contributed by atoms with Crippen molar-refractivity contribution in [3.63, 3.8) is 0 Å². The average Bonchev–Trinajstić information content (AvgIpc) is 3.22. The van der Waals surface area contributed by atoms with Crippen LogP contribution in [-0.4, -0.2) is 34.7 Å². The van der Waals surface area contributed by atoms with Crippen molar-refractivity contribution in [1.29, 1.82) is 0 Å². The minimum atomic E-state index is -1.30. The van der Waals surface area contributed by atoms with Gasteiger partial charge in [-0.25, -0.2) is 17.9 Å². The van der Waals surface area contributed by atoms with E-state index in [9.17, 15) is 22.8 Å². The molecule has 0 radical (unpaired) electrons. The SMILES string of the molecule is COc1ccc(NC(=O)C2=CN(C(=O)C[C@H](N)Cc3cc(F)c(F)cc3F)c3cc(C)nn3C2)cc1. The number of nitrogens with two attached hydrogens (primary N) is 1. The minimum Gasteiger partial charge on any atom is -0.497 e. The minimum absolute atomic E-state index is 0.135. The number of nitrogens with zero attached hydrogens (tertiary/aromatic N) is 3. The van der Waals surface area contributed by atoms with E-state index in [4.69, 9.17) is 10.5 Å². The van der Waals surface area contributed by atoms with E-state index in [2.05, 4.69) is 10.4 Å². The lowest BCUT2D eigenvalue weighted by molar-refractivity contribution is -0.118. The number of fused-ring (bicyclic) bond motifs is 1. The Hall–Kier alpha value is -4.12. The highest BCUT2D eigenvalue weighted by molar-refractivity contribution is 6.06. The summed E-state index contributed by atoms with van der Waals surface area (Å²) in [7, 11) is 1.54. The van der Waals surface area contributed by atoms with E-state index in [1.54, 1.807) is 37.3 Å². The molecule has 3 aromatic rings. The van der Waals surface area contributed by atoms with Gasteiger partial charge in [-0.2, -0.15) is 5.10 Å². The zero-order valence-electron chi connectivity index (χ0n) is 19.6. The second-order valence-electron chi connectivity index (χ2n) is 8.43. The Balaban J connectivity index is 1.51. The Labute approximate surface area is 205 Å². The predicted octanol–water partition coefficient (Wildman–Crippen LogP) is 3.45. The van der Waals surface area contributed by atoms with E-state index < -0.39 is 35.3 Å². The molecule has 0 saturated carbocycles. The zero-order chi connectivity index (χ0) is 26.0. The number of nitrogens with one attached hydrogen (secondary N) is 1. The summed E-state index contributed by atoms with van der Waals surface area (Å²) in [6, 6.07) is 8.75. The van der Waals surface area contributed by atoms with Crippen molar-refractivity contribution in [1.82, 2.24) is 9.78 Å². The van der Waals surface area contributed by atoms with Crippen LogP contribution in [0.3, 0.4) is 0 Å². The molecule has 8 nitrogen and oxygen atoms in total. The van der Waals surface area contributed by atoms with Crippen LogP contribution >= 0.6 is 0 Å². The van der Waals surface area contributed by atoms with E-state index in [1.807, 2.05) is 0 Å². The van der Waals surface area contributed by atoms with Crippen LogP contribution < -0.4 is 20.7 Å². The molecule has 1 aliphatic heterocycles. The molecule has 0 bridgehead atoms. The summed E-state index contributed by atoms with van der Waals surface area (Å²) >= 11 is 0. The van der Waals surface area contributed by atoms with Crippen LogP contribution in [0.15, 0.2) is 54.2 Å². The van der Waals surface area contributed by atoms with Gasteiger partial charge in [0.05, 0.1) is 24.9 Å². The molecular weight excluding hydrogens is 475 g/mol. The maximum absolute atomic E-state index is 14.0. The number of methoxy groups -OCH3 is 1. The van der Waals surface area contributed by atoms with Crippen molar-refractivity contribution in [2.24, 2.45) is 5.73 Å². The maximum Gasteiger partial charge on any atom is 0.254 e. The molecule has 2 aromatic carbocycles. The predicted molar refractivity (Wildman–Crippen MR) is 127 cm³/mol. The number of hydrogen-bond donors (Lipinski definition) is 2. The van der Waals surface area contributed by atoms with Gasteiger partial charge in [0.2, 0.25) is 5.91 Å². The first kappa shape index (κ1) is 25.0. The highest BCUT2D eigenvalue weighted by atomic mass is 19.2. The van der Waals surface area contributed by atoms with Crippen LogP contribution in [-0.2, 0) is 22.6 Å². The maximum atomic E-state index is 14.0. The molecular formula is C25H24F3N5O3. The second kappa shape index (κ2) is 10.2. The average molecular weight is 499 g/mol. The standard InChI is InChI=1S/C25H24F3N5O3/c1-14-7-23-32(24(34)10-17(29)8-15-9-21(27)22(28)11-20(15)26)12-16(13-33(23)31-14)25(35)30-18-3-5-19(36-2)6-4-18/h3-7,9,11-12,17H,8,10,13,29H2,1-2H3,(H,30,35)/t17-/m1/s1. The van der Waals surface area contributed by atoms with Crippen LogP contribution in [0.2, 0.25) is 0 Å². The first-order valence-corrected chi connectivity index (χ1v) is 11.1. The van der Waals surface area contributed by atoms with Gasteiger partial charge in [0.15, 0.2) is 11.6 Å². The number of halogens is 3. The second-order valence-corrected chi connectivity index (χ2v) is 8.43. The quantitative estimate of drug-likeness (QED) is 0.485. The Morgan fingerprint density at radius 3 is 2.50 bits per heavy atom. The Morgan fingerprint density at radius 2 is 1.81 bits per heavy atom. The summed E-state index contributed by atoms with van der Waals surface area (Å²) in [5.74, 6) is -3.26. The molecule has 36 heavy (non-hydrogen) atoms. The molecule has 3 N–H and O–H groups in total. The van der Waals surface area contributed by atoms with Gasteiger partial charge in [0.1, 0.15) is 17.4 Å². The lowest BCUT2D eigenvalue weighted by Gasteiger charge is -2.27. The van der Waals surface area contributed by atoms with Gasteiger partial charge in [-0.3, -0.25) is 14.5 Å². The first-order valence-electron chi connectivity index (χ1n) is 11.1. The third kappa shape index (κ3) is 5.41. The van der Waals surface area contributed by atoms with Crippen LogP contribution in [0.25, 0.3) is 0 Å². The van der Waals surface area contributed by atoms with E-state index in [1.165, 1.54) is 22.9 Å². The van der Waals surface area contributed by atoms with Crippen molar-refractivity contribution >= 4 is 23.3 Å². The number of rotatable bonds is 7. The Morgan fingerprint density at radius 1 is 1.11 bits per heavy atom. The molecule has 0 aliphatic carbocycles. The van der Waals surface area contributed by atoms with Crippen LogP contribution in [0, 0.1) is 24.4 Å². The highest BCUT2D eigenvalue weighted by Gasteiger charge is 2.28. The molecule has 2 heterocycles. The number of amides is 2. The van der Waals surface area contributed by atoms with Gasteiger partial charge in [0.25, 0.3) is 5.91 Å². The first-order chi connectivity index (χ1) is 17.1. The third-order valence-corrected chi connectivity index (χ3v) is 5.65. The van der Waals surface area contributed by atoms with Crippen LogP contribution in [0.5, 0.6) is 5.75 Å². The van der Waals surface area contributed by atoms with Crippen LogP contribution in [0.1, 0.15) is 17.7 Å². The Kier molecular flexibility index (Phi) is 7.11. The molecule has 1 aliphatic rings. The number of carbonyl (C=O) groups excluding carboxylic acids is 2. The number of benzene rings is 2. The molecule has 0 fully saturated rings. The molecule has 11 heteroatoms. The van der Waals surface area contributed by atoms with Crippen LogP contribution in [0.4, 0.5) is 24.7 Å². The summed E-state index contributed by atoms with van der Waals surface area (Å²) < 4.78 is 47.4. The van der Waals surface area contributed by atoms with E-state index >= 15 is 0 Å². The zero-order valence-corrected chi connectivity index (χ0v) is 19.6. The normalized spacial score (nSPS) is 13.6. The molecule has 0 saturated heterocycles. The molecule has 1 aromatic heterocycles. The highest BCUT2D eigenvalue weighted by Crippen LogP contribution is 2.26. The monoisotopic (exact) mass is 499 g/mol. The van der Waals surface area contributed by atoms with E-state index in [-0.39, 0.29) is 30.5 Å². The number of hydrogen-bond acceptors (Lipinski definition) is 5. The van der Waals surface area contributed by atoms with E-state index in [0.717, 1.165) is 6.07 Å². The van der Waals surface area contributed by atoms with Crippen molar-refractivity contribution in [2.45, 2.75) is 32.4 Å². The van der Waals surface area contributed by atoms with Crippen molar-refractivity contribution in [3.8, 4) is 5.75 Å². The topological polar surface area (TPSA) is 102 Å². The van der Waals surface area contributed by atoms with Gasteiger partial charge in [-0.15, -0.1) is 0 Å². The van der Waals surface area contributed by atoms with Gasteiger partial charge in [-0.1, -0.05) is 0 Å². The fourth-order valence-electron chi connectivity index (χ4n) is 3.88. The molecule has 0 spiro atoms. The summed E-state index contributed by atoms with van der Waals surface area (Å²) in [6.45, 7) is 1.89. The number of carbonyl (C=O) groups is 2. The fraction of sp³-hybridized carbons (Fsp3) is 0.240. The number of aromatic nitrogens is 2. The van der Waals surface area contributed by atoms with Crippen molar-refractivity contribution < 1.29 is 27.5 Å². The smallest absolute Gasteiger partial charge is 0.254 e. The van der Waals surface area contributed by atoms with Gasteiger partial charge < -0.3 is 15.8 Å². The molecule has 4 rings (SSSR count). The van der Waals surface area contributed by atoms with Gasteiger partial charge in [0, 0.05) is 36.5 Å². The number of anilines is 2. The lowest BCUT2D eigenvalue weighted by Crippen LogP contribution is -2.38. The fourth-order valence-corrected chi connectivity index (χ4v) is 3.88. The van der Waals surface area contributed by atoms with Crippen molar-refractivity contribution in [3.05, 3.63) is 82.9 Å². The largest absolute Gasteiger partial charge is 0.497 e. The summed E-state index contributed by atoms with van der Waals surface area (Å²) in [5.41, 5.74) is 7.37. The third-order valence-electron chi connectivity index (χ3n) is 5.65. The molecule has 188 valence electrons. The van der Waals surface area contributed by atoms with Gasteiger partial charge in [-0.05, 0) is 49.2 Å². The number of ether oxygens (including phenoxy) is 1. The lowest BCUT2D eigenvalue weighted by atomic mass is 10.0. The van der Waals surface area contributed by atoms with Gasteiger partial charge >= 0.3 is 0 Å².